The molecule has 4 aromatic rings. The lowest BCUT2D eigenvalue weighted by atomic mass is 9.78. The molecule has 2 N–H and O–H groups in total. The number of amides is 2. The first kappa shape index (κ1) is 28.6. The Hall–Kier alpha value is -3.91. The van der Waals surface area contributed by atoms with E-state index in [-0.39, 0.29) is 25.0 Å². The van der Waals surface area contributed by atoms with Crippen molar-refractivity contribution < 1.29 is 19.4 Å². The van der Waals surface area contributed by atoms with E-state index >= 15 is 0 Å². The molecule has 7 nitrogen and oxygen atoms in total. The smallest absolute Gasteiger partial charge is 0.255 e. The predicted molar refractivity (Wildman–Crippen MR) is 158 cm³/mol. The van der Waals surface area contributed by atoms with Crippen LogP contribution in [0.3, 0.4) is 0 Å². The van der Waals surface area contributed by atoms with Crippen molar-refractivity contribution in [2.45, 2.75) is 30.8 Å². The molecule has 0 saturated carbocycles. The second kappa shape index (κ2) is 12.7. The zero-order valence-electron chi connectivity index (χ0n) is 22.1. The van der Waals surface area contributed by atoms with Gasteiger partial charge >= 0.3 is 0 Å². The van der Waals surface area contributed by atoms with Crippen LogP contribution in [-0.4, -0.2) is 41.0 Å². The Balaban J connectivity index is 1.58. The molecule has 1 aliphatic heterocycles. The van der Waals surface area contributed by atoms with Crippen LogP contribution in [0.4, 0.5) is 0 Å². The summed E-state index contributed by atoms with van der Waals surface area (Å²) in [6.07, 6.45) is 2.11. The summed E-state index contributed by atoms with van der Waals surface area (Å²) in [5.74, 6) is -1.47. The summed E-state index contributed by atoms with van der Waals surface area (Å²) in [6.45, 7) is -0.109. The van der Waals surface area contributed by atoms with E-state index in [0.29, 0.717) is 45.3 Å². The maximum Gasteiger partial charge on any atom is 0.255 e. The number of nitrogens with one attached hydrogen (secondary N) is 1. The second-order valence-corrected chi connectivity index (χ2v) is 10.8. The van der Waals surface area contributed by atoms with Gasteiger partial charge in [-0.05, 0) is 41.3 Å². The van der Waals surface area contributed by atoms with E-state index in [1.54, 1.807) is 65.6 Å². The number of halogens is 2. The number of rotatable bonds is 9. The molecule has 3 aromatic carbocycles. The largest absolute Gasteiger partial charge is 0.619 e. The van der Waals surface area contributed by atoms with Gasteiger partial charge in [0.05, 0.1) is 31.0 Å². The third-order valence-corrected chi connectivity index (χ3v) is 8.01. The normalized spacial score (nSPS) is 17.1. The van der Waals surface area contributed by atoms with Gasteiger partial charge < -0.3 is 20.5 Å². The highest BCUT2D eigenvalue weighted by molar-refractivity contribution is 6.35. The van der Waals surface area contributed by atoms with Gasteiger partial charge in [0.1, 0.15) is 0 Å². The molecule has 5 rings (SSSR count). The molecule has 0 saturated heterocycles. The number of hydrogen-bond donors (Lipinski definition) is 2. The lowest BCUT2D eigenvalue weighted by Crippen LogP contribution is -2.53. The van der Waals surface area contributed by atoms with Crippen molar-refractivity contribution in [1.29, 1.82) is 0 Å². The molecule has 0 radical (unpaired) electrons. The average Bonchev–Trinajstić information content (AvgIpc) is 2.98. The molecule has 1 aromatic heterocycles. The standard InChI is InChI=1S/C32H29Cl2N3O4/c33-22-13-14-27(28(34)19-22)30-29(31(39)35-16-15-23-10-6-7-17-36(23)41)25-11-4-5-12-26(25)32(40)37(30)24(20-38)18-21-8-2-1-3-9-21/h1-14,17,19,24,29-30,38H,15-16,18,20H2,(H,35,39)/t24-,29+,30-/m0/s1. The van der Waals surface area contributed by atoms with Crippen molar-refractivity contribution in [1.82, 2.24) is 10.2 Å². The van der Waals surface area contributed by atoms with Crippen molar-refractivity contribution in [2.24, 2.45) is 0 Å². The van der Waals surface area contributed by atoms with Crippen molar-refractivity contribution in [3.63, 3.8) is 0 Å². The summed E-state index contributed by atoms with van der Waals surface area (Å²) in [4.78, 5) is 29.8. The third kappa shape index (κ3) is 6.07. The zero-order chi connectivity index (χ0) is 28.9. The fourth-order valence-electron chi connectivity index (χ4n) is 5.53. The van der Waals surface area contributed by atoms with E-state index in [0.717, 1.165) is 10.3 Å². The number of carbonyl (C=O) groups is 2. The number of hydrogen-bond acceptors (Lipinski definition) is 4. The maximum absolute atomic E-state index is 14.2. The number of fused-ring (bicyclic) bond motifs is 1. The van der Waals surface area contributed by atoms with E-state index in [2.05, 4.69) is 5.32 Å². The van der Waals surface area contributed by atoms with Crippen molar-refractivity contribution in [3.8, 4) is 0 Å². The molecule has 41 heavy (non-hydrogen) atoms. The highest BCUT2D eigenvalue weighted by Gasteiger charge is 2.47. The van der Waals surface area contributed by atoms with Crippen LogP contribution in [-0.2, 0) is 17.6 Å². The SMILES string of the molecule is O=C(NCCc1cccc[n+]1[O-])[C@@H]1c2ccccc2C(=O)N([C@H](CO)Cc2ccccc2)[C@H]1c1ccc(Cl)cc1Cl. The Morgan fingerprint density at radius 3 is 2.44 bits per heavy atom. The molecule has 2 amide bonds. The Bertz CT molecular complexity index is 1550. The van der Waals surface area contributed by atoms with Gasteiger partial charge in [0, 0.05) is 34.3 Å². The summed E-state index contributed by atoms with van der Waals surface area (Å²) in [7, 11) is 0. The molecule has 3 atom stereocenters. The molecule has 2 heterocycles. The van der Waals surface area contributed by atoms with E-state index in [4.69, 9.17) is 23.2 Å². The van der Waals surface area contributed by atoms with Crippen LogP contribution in [0.25, 0.3) is 0 Å². The van der Waals surface area contributed by atoms with Gasteiger partial charge in [0.2, 0.25) is 5.91 Å². The van der Waals surface area contributed by atoms with Crippen LogP contribution in [0.15, 0.2) is 97.2 Å². The van der Waals surface area contributed by atoms with Gasteiger partial charge in [-0.3, -0.25) is 9.59 Å². The topological polar surface area (TPSA) is 96.6 Å². The number of aliphatic hydroxyl groups excluding tert-OH is 1. The molecule has 0 aliphatic carbocycles. The lowest BCUT2D eigenvalue weighted by Gasteiger charge is -2.45. The highest BCUT2D eigenvalue weighted by atomic mass is 35.5. The van der Waals surface area contributed by atoms with Gasteiger partial charge in [-0.25, -0.2) is 0 Å². The van der Waals surface area contributed by atoms with Crippen molar-refractivity contribution >= 4 is 35.0 Å². The van der Waals surface area contributed by atoms with Crippen LogP contribution >= 0.6 is 23.2 Å². The predicted octanol–water partition coefficient (Wildman–Crippen LogP) is 4.87. The Kier molecular flexibility index (Phi) is 8.88. The number of carbonyl (C=O) groups excluding carboxylic acids is 2. The van der Waals surface area contributed by atoms with Gasteiger partial charge in [-0.1, -0.05) is 83.9 Å². The van der Waals surface area contributed by atoms with Gasteiger partial charge in [0.25, 0.3) is 5.91 Å². The summed E-state index contributed by atoms with van der Waals surface area (Å²) < 4.78 is 0.772. The first-order valence-corrected chi connectivity index (χ1v) is 14.1. The monoisotopic (exact) mass is 589 g/mol. The second-order valence-electron chi connectivity index (χ2n) is 9.97. The summed E-state index contributed by atoms with van der Waals surface area (Å²) in [5, 5.41) is 26.4. The summed E-state index contributed by atoms with van der Waals surface area (Å²) in [5.41, 5.74) is 2.97. The van der Waals surface area contributed by atoms with E-state index in [9.17, 15) is 19.9 Å². The minimum atomic E-state index is -0.845. The molecule has 0 fully saturated rings. The fourth-order valence-corrected chi connectivity index (χ4v) is 6.05. The number of pyridine rings is 1. The van der Waals surface area contributed by atoms with Gasteiger partial charge in [-0.2, -0.15) is 4.73 Å². The van der Waals surface area contributed by atoms with E-state index in [1.165, 1.54) is 6.20 Å². The van der Waals surface area contributed by atoms with Gasteiger partial charge in [-0.15, -0.1) is 0 Å². The molecule has 0 unspecified atom stereocenters. The lowest BCUT2D eigenvalue weighted by molar-refractivity contribution is -0.613. The Morgan fingerprint density at radius 2 is 1.71 bits per heavy atom. The van der Waals surface area contributed by atoms with Crippen LogP contribution in [0, 0.1) is 5.21 Å². The number of benzene rings is 3. The first-order chi connectivity index (χ1) is 19.9. The summed E-state index contributed by atoms with van der Waals surface area (Å²) in [6, 6.07) is 25.2. The number of aromatic nitrogens is 1. The zero-order valence-corrected chi connectivity index (χ0v) is 23.6. The molecule has 1 aliphatic rings. The Labute approximate surface area is 248 Å². The van der Waals surface area contributed by atoms with Crippen LogP contribution in [0.2, 0.25) is 10.0 Å². The van der Waals surface area contributed by atoms with Crippen molar-refractivity contribution in [3.05, 3.63) is 140 Å². The average molecular weight is 591 g/mol. The van der Waals surface area contributed by atoms with E-state index in [1.807, 2.05) is 30.3 Å². The van der Waals surface area contributed by atoms with E-state index < -0.39 is 18.0 Å². The molecule has 0 spiro atoms. The summed E-state index contributed by atoms with van der Waals surface area (Å²) >= 11 is 13.0. The molecule has 0 bridgehead atoms. The minimum absolute atomic E-state index is 0.214. The third-order valence-electron chi connectivity index (χ3n) is 7.44. The first-order valence-electron chi connectivity index (χ1n) is 13.3. The Morgan fingerprint density at radius 1 is 0.976 bits per heavy atom. The number of aliphatic hydroxyl groups is 1. The van der Waals surface area contributed by atoms with Gasteiger partial charge in [0.15, 0.2) is 11.9 Å². The van der Waals surface area contributed by atoms with Crippen LogP contribution in [0.1, 0.15) is 44.7 Å². The maximum atomic E-state index is 14.2. The fraction of sp³-hybridized carbons (Fsp3) is 0.219. The highest BCUT2D eigenvalue weighted by Crippen LogP contribution is 2.46. The minimum Gasteiger partial charge on any atom is -0.619 e. The molecule has 9 heteroatoms. The number of nitrogens with zero attached hydrogens (tertiary/aromatic N) is 2. The molecular formula is C32H29Cl2N3O4. The quantitative estimate of drug-likeness (QED) is 0.215. The van der Waals surface area contributed by atoms with Crippen LogP contribution in [0.5, 0.6) is 0 Å². The van der Waals surface area contributed by atoms with Crippen LogP contribution < -0.4 is 10.0 Å². The van der Waals surface area contributed by atoms with Crippen molar-refractivity contribution in [2.75, 3.05) is 13.2 Å². The molecular weight excluding hydrogens is 561 g/mol. The molecule has 210 valence electrons.